The zero-order valence-electron chi connectivity index (χ0n) is 10.5. The van der Waals surface area contributed by atoms with Gasteiger partial charge >= 0.3 is 0 Å². The standard InChI is InChI=1S/C10H21N5O/c1-5-10(3,16-6-2)8(11)7-9-12-14-15(4)13-9/h8H,5-7,11H2,1-4H3. The average Bonchev–Trinajstić information content (AvgIpc) is 2.64. The van der Waals surface area contributed by atoms with Crippen LogP contribution in [0, 0.1) is 0 Å². The molecule has 0 aromatic carbocycles. The Morgan fingerprint density at radius 1 is 1.50 bits per heavy atom. The van der Waals surface area contributed by atoms with Crippen molar-refractivity contribution in [3.8, 4) is 0 Å². The van der Waals surface area contributed by atoms with Crippen LogP contribution in [-0.2, 0) is 18.2 Å². The van der Waals surface area contributed by atoms with Crippen molar-refractivity contribution in [2.45, 2.75) is 45.3 Å². The molecule has 0 aliphatic heterocycles. The minimum absolute atomic E-state index is 0.123. The summed E-state index contributed by atoms with van der Waals surface area (Å²) in [5.41, 5.74) is 5.82. The van der Waals surface area contributed by atoms with E-state index in [-0.39, 0.29) is 11.6 Å². The molecule has 2 N–H and O–H groups in total. The monoisotopic (exact) mass is 227 g/mol. The van der Waals surface area contributed by atoms with E-state index < -0.39 is 0 Å². The SMILES string of the molecule is CCOC(C)(CC)C(N)Cc1nnn(C)n1. The molecule has 92 valence electrons. The van der Waals surface area contributed by atoms with Gasteiger partial charge in [-0.2, -0.15) is 4.80 Å². The maximum absolute atomic E-state index is 6.15. The second-order valence-electron chi connectivity index (χ2n) is 4.10. The first-order valence-corrected chi connectivity index (χ1v) is 5.64. The molecule has 2 unspecified atom stereocenters. The van der Waals surface area contributed by atoms with E-state index >= 15 is 0 Å². The van der Waals surface area contributed by atoms with Gasteiger partial charge in [0.05, 0.1) is 12.6 Å². The Labute approximate surface area is 96.2 Å². The molecule has 6 heteroatoms. The molecular weight excluding hydrogens is 206 g/mol. The Balaban J connectivity index is 2.65. The van der Waals surface area contributed by atoms with Crippen LogP contribution in [0.2, 0.25) is 0 Å². The van der Waals surface area contributed by atoms with Gasteiger partial charge in [0.15, 0.2) is 5.82 Å². The molecule has 0 bridgehead atoms. The number of ether oxygens (including phenoxy) is 1. The fourth-order valence-electron chi connectivity index (χ4n) is 1.62. The molecule has 0 spiro atoms. The van der Waals surface area contributed by atoms with Gasteiger partial charge < -0.3 is 10.5 Å². The summed E-state index contributed by atoms with van der Waals surface area (Å²) in [6, 6.07) is -0.123. The minimum atomic E-state index is -0.325. The number of aromatic nitrogens is 4. The van der Waals surface area contributed by atoms with Gasteiger partial charge in [-0.1, -0.05) is 6.92 Å². The summed E-state index contributed by atoms with van der Waals surface area (Å²) in [7, 11) is 1.74. The van der Waals surface area contributed by atoms with Crippen molar-refractivity contribution < 1.29 is 4.74 Å². The summed E-state index contributed by atoms with van der Waals surface area (Å²) in [4.78, 5) is 1.44. The third-order valence-corrected chi connectivity index (χ3v) is 2.91. The predicted octanol–water partition coefficient (Wildman–Crippen LogP) is 0.285. The van der Waals surface area contributed by atoms with Crippen molar-refractivity contribution in [3.05, 3.63) is 5.82 Å². The van der Waals surface area contributed by atoms with E-state index in [0.717, 1.165) is 6.42 Å². The summed E-state index contributed by atoms with van der Waals surface area (Å²) < 4.78 is 5.71. The second kappa shape index (κ2) is 5.36. The zero-order chi connectivity index (χ0) is 12.2. The van der Waals surface area contributed by atoms with Crippen LogP contribution in [-0.4, -0.2) is 38.5 Å². The average molecular weight is 227 g/mol. The number of nitrogens with two attached hydrogens (primary N) is 1. The van der Waals surface area contributed by atoms with Gasteiger partial charge in [-0.15, -0.1) is 10.2 Å². The lowest BCUT2D eigenvalue weighted by Gasteiger charge is -2.33. The number of tetrazole rings is 1. The van der Waals surface area contributed by atoms with Crippen LogP contribution in [0.25, 0.3) is 0 Å². The van der Waals surface area contributed by atoms with Gasteiger partial charge in [-0.3, -0.25) is 0 Å². The number of hydrogen-bond acceptors (Lipinski definition) is 5. The van der Waals surface area contributed by atoms with Crippen LogP contribution >= 0.6 is 0 Å². The molecule has 0 saturated heterocycles. The highest BCUT2D eigenvalue weighted by Crippen LogP contribution is 2.20. The Morgan fingerprint density at radius 2 is 2.19 bits per heavy atom. The van der Waals surface area contributed by atoms with Gasteiger partial charge in [0.2, 0.25) is 0 Å². The maximum Gasteiger partial charge on any atom is 0.176 e. The molecule has 0 fully saturated rings. The van der Waals surface area contributed by atoms with Crippen molar-refractivity contribution in [1.29, 1.82) is 0 Å². The van der Waals surface area contributed by atoms with Crippen LogP contribution in [0.3, 0.4) is 0 Å². The largest absolute Gasteiger partial charge is 0.374 e. The van der Waals surface area contributed by atoms with E-state index in [1.54, 1.807) is 7.05 Å². The smallest absolute Gasteiger partial charge is 0.176 e. The number of hydrogen-bond donors (Lipinski definition) is 1. The van der Waals surface area contributed by atoms with Crippen LogP contribution in [0.15, 0.2) is 0 Å². The number of rotatable bonds is 6. The first-order chi connectivity index (χ1) is 7.51. The molecule has 0 amide bonds. The Hall–Kier alpha value is -1.01. The summed E-state index contributed by atoms with van der Waals surface area (Å²) in [5.74, 6) is 0.661. The molecule has 6 nitrogen and oxygen atoms in total. The van der Waals surface area contributed by atoms with E-state index in [1.807, 2.05) is 13.8 Å². The highest BCUT2D eigenvalue weighted by molar-refractivity contribution is 4.93. The quantitative estimate of drug-likeness (QED) is 0.755. The normalized spacial score (nSPS) is 17.1. The Morgan fingerprint density at radius 3 is 2.62 bits per heavy atom. The molecule has 0 radical (unpaired) electrons. The zero-order valence-corrected chi connectivity index (χ0v) is 10.5. The van der Waals surface area contributed by atoms with Gasteiger partial charge in [-0.05, 0) is 25.5 Å². The molecule has 0 aliphatic carbocycles. The molecule has 1 heterocycles. The third kappa shape index (κ3) is 2.99. The Bertz CT molecular complexity index is 327. The second-order valence-corrected chi connectivity index (χ2v) is 4.10. The summed E-state index contributed by atoms with van der Waals surface area (Å²) >= 11 is 0. The number of nitrogens with zero attached hydrogens (tertiary/aromatic N) is 4. The molecule has 1 aromatic heterocycles. The highest BCUT2D eigenvalue weighted by atomic mass is 16.5. The predicted molar refractivity (Wildman–Crippen MR) is 60.8 cm³/mol. The van der Waals surface area contributed by atoms with E-state index in [2.05, 4.69) is 22.3 Å². The lowest BCUT2D eigenvalue weighted by Crippen LogP contribution is -2.48. The van der Waals surface area contributed by atoms with Crippen LogP contribution < -0.4 is 5.73 Å². The van der Waals surface area contributed by atoms with Crippen LogP contribution in [0.1, 0.15) is 33.0 Å². The molecule has 0 aliphatic rings. The van der Waals surface area contributed by atoms with E-state index in [1.165, 1.54) is 4.80 Å². The van der Waals surface area contributed by atoms with Gasteiger partial charge in [-0.25, -0.2) is 0 Å². The first kappa shape index (κ1) is 13.1. The summed E-state index contributed by atoms with van der Waals surface area (Å²) in [5, 5.41) is 11.8. The fraction of sp³-hybridized carbons (Fsp3) is 0.900. The molecule has 0 saturated carbocycles. The van der Waals surface area contributed by atoms with E-state index in [9.17, 15) is 0 Å². The van der Waals surface area contributed by atoms with Crippen molar-refractivity contribution in [1.82, 2.24) is 20.2 Å². The van der Waals surface area contributed by atoms with Gasteiger partial charge in [0, 0.05) is 19.1 Å². The van der Waals surface area contributed by atoms with Crippen molar-refractivity contribution in [2.24, 2.45) is 12.8 Å². The summed E-state index contributed by atoms with van der Waals surface area (Å²) in [6.07, 6.45) is 1.44. The fourth-order valence-corrected chi connectivity index (χ4v) is 1.62. The van der Waals surface area contributed by atoms with Crippen molar-refractivity contribution in [2.75, 3.05) is 6.61 Å². The third-order valence-electron chi connectivity index (χ3n) is 2.91. The van der Waals surface area contributed by atoms with Gasteiger partial charge in [0.25, 0.3) is 0 Å². The topological polar surface area (TPSA) is 78.9 Å². The maximum atomic E-state index is 6.15. The molecule has 1 aromatic rings. The first-order valence-electron chi connectivity index (χ1n) is 5.64. The molecule has 2 atom stereocenters. The molecule has 16 heavy (non-hydrogen) atoms. The van der Waals surface area contributed by atoms with Crippen molar-refractivity contribution in [3.63, 3.8) is 0 Å². The Kier molecular flexibility index (Phi) is 4.37. The molecule has 1 rings (SSSR count). The van der Waals surface area contributed by atoms with Crippen LogP contribution in [0.5, 0.6) is 0 Å². The van der Waals surface area contributed by atoms with E-state index in [4.69, 9.17) is 10.5 Å². The molecular formula is C10H21N5O. The van der Waals surface area contributed by atoms with Crippen LogP contribution in [0.4, 0.5) is 0 Å². The number of aryl methyl sites for hydroxylation is 1. The van der Waals surface area contributed by atoms with Gasteiger partial charge in [0.1, 0.15) is 0 Å². The lowest BCUT2D eigenvalue weighted by atomic mass is 9.91. The van der Waals surface area contributed by atoms with Crippen molar-refractivity contribution >= 4 is 0 Å². The summed E-state index contributed by atoms with van der Waals surface area (Å²) in [6.45, 7) is 6.73. The lowest BCUT2D eigenvalue weighted by molar-refractivity contribution is -0.0465. The van der Waals surface area contributed by atoms with E-state index in [0.29, 0.717) is 18.9 Å². The highest BCUT2D eigenvalue weighted by Gasteiger charge is 2.31. The minimum Gasteiger partial charge on any atom is -0.374 e.